The van der Waals surface area contributed by atoms with Gasteiger partial charge in [0.1, 0.15) is 0 Å². The van der Waals surface area contributed by atoms with E-state index in [-0.39, 0.29) is 0 Å². The number of likely N-dealkylation sites (N-methyl/N-ethyl adjacent to an activating group) is 1. The maximum Gasteiger partial charge on any atom is 0.0166 e. The Morgan fingerprint density at radius 1 is 1.05 bits per heavy atom. The van der Waals surface area contributed by atoms with Gasteiger partial charge in [0.25, 0.3) is 0 Å². The fraction of sp³-hybridized carbons (Fsp3) is 1.00. The molecule has 4 saturated carbocycles. The van der Waals surface area contributed by atoms with Gasteiger partial charge in [-0.3, -0.25) is 0 Å². The SMILES string of the molecule is CC(CN(C)C)NCCC12CC3CC(C)(CC(C)(C3)C1)C2. The summed E-state index contributed by atoms with van der Waals surface area (Å²) in [6, 6.07) is 0.611. The lowest BCUT2D eigenvalue weighted by molar-refractivity contribution is -0.147. The van der Waals surface area contributed by atoms with Crippen LogP contribution in [-0.4, -0.2) is 38.1 Å². The molecule has 2 nitrogen and oxygen atoms in total. The first-order valence-corrected chi connectivity index (χ1v) is 9.10. The minimum atomic E-state index is 0.611. The Bertz CT molecular complexity index is 371. The Hall–Kier alpha value is -0.0800. The molecule has 0 radical (unpaired) electrons. The smallest absolute Gasteiger partial charge is 0.0166 e. The van der Waals surface area contributed by atoms with Gasteiger partial charge in [0.2, 0.25) is 0 Å². The standard InChI is InChI=1S/C19H36N2/c1-15(11-21(4)5)20-7-6-19-10-16-8-17(2,13-19)12-18(3,9-16)14-19/h15-16,20H,6-14H2,1-5H3. The molecule has 122 valence electrons. The summed E-state index contributed by atoms with van der Waals surface area (Å²) in [6.45, 7) is 9.86. The third-order valence-electron chi connectivity index (χ3n) is 6.53. The topological polar surface area (TPSA) is 15.3 Å². The molecule has 4 rings (SSSR count). The van der Waals surface area contributed by atoms with Crippen LogP contribution in [0.2, 0.25) is 0 Å². The molecule has 4 aliphatic carbocycles. The average Bonchev–Trinajstić information content (AvgIpc) is 2.21. The maximum absolute atomic E-state index is 3.77. The number of nitrogens with zero attached hydrogens (tertiary/aromatic N) is 1. The van der Waals surface area contributed by atoms with Crippen molar-refractivity contribution in [1.29, 1.82) is 0 Å². The monoisotopic (exact) mass is 292 g/mol. The first-order chi connectivity index (χ1) is 9.72. The van der Waals surface area contributed by atoms with Gasteiger partial charge in [0, 0.05) is 12.6 Å². The van der Waals surface area contributed by atoms with Crippen LogP contribution in [0, 0.1) is 22.2 Å². The third-order valence-corrected chi connectivity index (χ3v) is 6.53. The van der Waals surface area contributed by atoms with E-state index in [9.17, 15) is 0 Å². The van der Waals surface area contributed by atoms with E-state index in [0.717, 1.165) is 12.5 Å². The van der Waals surface area contributed by atoms with Gasteiger partial charge >= 0.3 is 0 Å². The van der Waals surface area contributed by atoms with Gasteiger partial charge < -0.3 is 10.2 Å². The molecule has 0 aromatic carbocycles. The molecule has 2 heteroatoms. The summed E-state index contributed by atoms with van der Waals surface area (Å²) < 4.78 is 0. The zero-order chi connectivity index (χ0) is 15.3. The average molecular weight is 293 g/mol. The molecular formula is C19H36N2. The molecule has 4 bridgehead atoms. The van der Waals surface area contributed by atoms with E-state index in [2.05, 4.69) is 45.1 Å². The van der Waals surface area contributed by atoms with E-state index in [1.54, 1.807) is 0 Å². The van der Waals surface area contributed by atoms with Gasteiger partial charge in [0.05, 0.1) is 0 Å². The maximum atomic E-state index is 3.77. The molecule has 0 aromatic rings. The van der Waals surface area contributed by atoms with Crippen molar-refractivity contribution in [1.82, 2.24) is 10.2 Å². The summed E-state index contributed by atoms with van der Waals surface area (Å²) in [5.74, 6) is 1.04. The Morgan fingerprint density at radius 3 is 2.19 bits per heavy atom. The normalized spacial score (nSPS) is 46.3. The van der Waals surface area contributed by atoms with Crippen LogP contribution in [0.5, 0.6) is 0 Å². The summed E-state index contributed by atoms with van der Waals surface area (Å²) in [5.41, 5.74) is 2.01. The minimum absolute atomic E-state index is 0.611. The van der Waals surface area contributed by atoms with Crippen LogP contribution in [0.1, 0.15) is 65.7 Å². The summed E-state index contributed by atoms with van der Waals surface area (Å²) in [4.78, 5) is 2.28. The van der Waals surface area contributed by atoms with Crippen molar-refractivity contribution >= 4 is 0 Å². The van der Waals surface area contributed by atoms with Gasteiger partial charge in [-0.15, -0.1) is 0 Å². The van der Waals surface area contributed by atoms with Crippen LogP contribution in [0.4, 0.5) is 0 Å². The van der Waals surface area contributed by atoms with Crippen LogP contribution in [-0.2, 0) is 0 Å². The molecule has 3 unspecified atom stereocenters. The predicted molar refractivity (Wildman–Crippen MR) is 90.5 cm³/mol. The zero-order valence-corrected chi connectivity index (χ0v) is 15.0. The largest absolute Gasteiger partial charge is 0.313 e. The molecule has 0 aromatic heterocycles. The van der Waals surface area contributed by atoms with Gasteiger partial charge in [-0.05, 0) is 94.7 Å². The number of hydrogen-bond acceptors (Lipinski definition) is 2. The van der Waals surface area contributed by atoms with Crippen LogP contribution in [0.15, 0.2) is 0 Å². The highest BCUT2D eigenvalue weighted by atomic mass is 15.1. The van der Waals surface area contributed by atoms with E-state index in [4.69, 9.17) is 0 Å². The van der Waals surface area contributed by atoms with E-state index in [0.29, 0.717) is 22.3 Å². The fourth-order valence-electron chi connectivity index (χ4n) is 7.16. The second-order valence-corrected chi connectivity index (χ2v) is 10.00. The molecule has 21 heavy (non-hydrogen) atoms. The first kappa shape index (κ1) is 15.8. The zero-order valence-electron chi connectivity index (χ0n) is 15.0. The molecule has 3 atom stereocenters. The van der Waals surface area contributed by atoms with Gasteiger partial charge in [0.15, 0.2) is 0 Å². The molecule has 0 heterocycles. The van der Waals surface area contributed by atoms with Crippen molar-refractivity contribution in [3.05, 3.63) is 0 Å². The lowest BCUT2D eigenvalue weighted by Gasteiger charge is -2.65. The molecule has 0 amide bonds. The van der Waals surface area contributed by atoms with Crippen molar-refractivity contribution < 1.29 is 0 Å². The lowest BCUT2D eigenvalue weighted by atomic mass is 9.40. The van der Waals surface area contributed by atoms with Gasteiger partial charge in [-0.25, -0.2) is 0 Å². The fourth-order valence-corrected chi connectivity index (χ4v) is 7.16. The van der Waals surface area contributed by atoms with Crippen molar-refractivity contribution in [2.24, 2.45) is 22.2 Å². The molecule has 0 aliphatic heterocycles. The third kappa shape index (κ3) is 3.32. The molecule has 4 fully saturated rings. The quantitative estimate of drug-likeness (QED) is 0.798. The van der Waals surface area contributed by atoms with E-state index >= 15 is 0 Å². The van der Waals surface area contributed by atoms with Crippen molar-refractivity contribution in [2.45, 2.75) is 71.8 Å². The first-order valence-electron chi connectivity index (χ1n) is 9.10. The second-order valence-electron chi connectivity index (χ2n) is 10.00. The Morgan fingerprint density at radius 2 is 1.67 bits per heavy atom. The van der Waals surface area contributed by atoms with Crippen molar-refractivity contribution in [3.8, 4) is 0 Å². The summed E-state index contributed by atoms with van der Waals surface area (Å²) in [6.07, 6.45) is 10.5. The number of hydrogen-bond donors (Lipinski definition) is 1. The van der Waals surface area contributed by atoms with Gasteiger partial charge in [-0.1, -0.05) is 13.8 Å². The predicted octanol–water partition coefficient (Wildman–Crippen LogP) is 3.91. The Labute approximate surface area is 132 Å². The highest BCUT2D eigenvalue weighted by Gasteiger charge is 2.59. The van der Waals surface area contributed by atoms with Crippen LogP contribution >= 0.6 is 0 Å². The molecule has 4 aliphatic rings. The molecule has 0 spiro atoms. The number of nitrogens with one attached hydrogen (secondary N) is 1. The summed E-state index contributed by atoms with van der Waals surface area (Å²) in [7, 11) is 4.33. The Kier molecular flexibility index (Phi) is 3.94. The van der Waals surface area contributed by atoms with E-state index in [1.807, 2.05) is 0 Å². The van der Waals surface area contributed by atoms with Crippen LogP contribution in [0.3, 0.4) is 0 Å². The second kappa shape index (κ2) is 5.23. The molecular weight excluding hydrogens is 256 g/mol. The van der Waals surface area contributed by atoms with Crippen LogP contribution < -0.4 is 5.32 Å². The van der Waals surface area contributed by atoms with Crippen molar-refractivity contribution in [3.63, 3.8) is 0 Å². The highest BCUT2D eigenvalue weighted by Crippen LogP contribution is 2.70. The van der Waals surface area contributed by atoms with Crippen LogP contribution in [0.25, 0.3) is 0 Å². The molecule has 0 saturated heterocycles. The van der Waals surface area contributed by atoms with Crippen molar-refractivity contribution in [2.75, 3.05) is 27.2 Å². The Balaban J connectivity index is 1.58. The highest BCUT2D eigenvalue weighted by molar-refractivity contribution is 5.10. The van der Waals surface area contributed by atoms with E-state index in [1.165, 1.54) is 51.5 Å². The summed E-state index contributed by atoms with van der Waals surface area (Å²) >= 11 is 0. The minimum Gasteiger partial charge on any atom is -0.313 e. The molecule has 1 N–H and O–H groups in total. The van der Waals surface area contributed by atoms with Gasteiger partial charge in [-0.2, -0.15) is 0 Å². The van der Waals surface area contributed by atoms with E-state index < -0.39 is 0 Å². The summed E-state index contributed by atoms with van der Waals surface area (Å²) in [5, 5.41) is 3.77. The lowest BCUT2D eigenvalue weighted by Crippen LogP contribution is -2.55. The number of rotatable bonds is 6.